The van der Waals surface area contributed by atoms with Gasteiger partial charge in [0, 0.05) is 0 Å². The Labute approximate surface area is 91.4 Å². The zero-order valence-electron chi connectivity index (χ0n) is 9.24. The van der Waals surface area contributed by atoms with Crippen LogP contribution in [0.15, 0.2) is 35.9 Å². The zero-order valence-corrected chi connectivity index (χ0v) is 9.24. The van der Waals surface area contributed by atoms with Crippen LogP contribution >= 0.6 is 0 Å². The molecular formula is C14H18O. The second kappa shape index (κ2) is 4.63. The van der Waals surface area contributed by atoms with Crippen LogP contribution < -0.4 is 0 Å². The first-order valence-corrected chi connectivity index (χ1v) is 5.73. The molecule has 1 atom stereocenters. The van der Waals surface area contributed by atoms with Crippen LogP contribution in [-0.2, 0) is 12.8 Å². The van der Waals surface area contributed by atoms with Crippen molar-refractivity contribution in [3.8, 4) is 0 Å². The summed E-state index contributed by atoms with van der Waals surface area (Å²) in [5, 5.41) is 9.38. The Bertz CT molecular complexity index is 348. The first-order valence-electron chi connectivity index (χ1n) is 5.73. The molecule has 0 amide bonds. The molecule has 0 fully saturated rings. The minimum atomic E-state index is -0.199. The van der Waals surface area contributed by atoms with Crippen molar-refractivity contribution in [3.05, 3.63) is 47.0 Å². The standard InChI is InChI=1S/C14H18O/c1-2-11-3-5-12(6-4-11)9-13-7-8-14(15)10-13/h3-6,10,14-15H,2,7-9H2,1H3. The fraction of sp³-hybridized carbons (Fsp3) is 0.429. The van der Waals surface area contributed by atoms with Gasteiger partial charge < -0.3 is 5.11 Å². The van der Waals surface area contributed by atoms with Gasteiger partial charge in [0.1, 0.15) is 0 Å². The lowest BCUT2D eigenvalue weighted by molar-refractivity contribution is 0.223. The highest BCUT2D eigenvalue weighted by atomic mass is 16.3. The summed E-state index contributed by atoms with van der Waals surface area (Å²) < 4.78 is 0. The van der Waals surface area contributed by atoms with Crippen LogP contribution in [0.2, 0.25) is 0 Å². The maximum absolute atomic E-state index is 9.38. The SMILES string of the molecule is CCc1ccc(CC2=CC(O)CC2)cc1. The summed E-state index contributed by atoms with van der Waals surface area (Å²) in [5.41, 5.74) is 4.12. The molecule has 1 heteroatoms. The molecule has 15 heavy (non-hydrogen) atoms. The van der Waals surface area contributed by atoms with Gasteiger partial charge in [-0.3, -0.25) is 0 Å². The highest BCUT2D eigenvalue weighted by Gasteiger charge is 2.12. The van der Waals surface area contributed by atoms with E-state index >= 15 is 0 Å². The molecule has 0 bridgehead atoms. The Balaban J connectivity index is 2.02. The molecule has 80 valence electrons. The summed E-state index contributed by atoms with van der Waals surface area (Å²) in [6.45, 7) is 2.17. The van der Waals surface area contributed by atoms with Crippen molar-refractivity contribution in [1.82, 2.24) is 0 Å². The van der Waals surface area contributed by atoms with Crippen molar-refractivity contribution in [2.24, 2.45) is 0 Å². The van der Waals surface area contributed by atoms with Crippen molar-refractivity contribution in [2.45, 2.75) is 38.7 Å². The van der Waals surface area contributed by atoms with Gasteiger partial charge in [0.2, 0.25) is 0 Å². The average Bonchev–Trinajstić information content (AvgIpc) is 2.65. The summed E-state index contributed by atoms with van der Waals surface area (Å²) in [6, 6.07) is 8.79. The van der Waals surface area contributed by atoms with Crippen LogP contribution in [0, 0.1) is 0 Å². The summed E-state index contributed by atoms with van der Waals surface area (Å²) in [6.07, 6.45) is 5.87. The number of aliphatic hydroxyl groups is 1. The summed E-state index contributed by atoms with van der Waals surface area (Å²) in [5.74, 6) is 0. The molecule has 0 aliphatic heterocycles. The highest BCUT2D eigenvalue weighted by Crippen LogP contribution is 2.22. The van der Waals surface area contributed by atoms with Gasteiger partial charge in [-0.15, -0.1) is 0 Å². The third-order valence-corrected chi connectivity index (χ3v) is 3.05. The molecule has 1 aromatic carbocycles. The Morgan fingerprint density at radius 2 is 1.87 bits per heavy atom. The van der Waals surface area contributed by atoms with Crippen LogP contribution in [-0.4, -0.2) is 11.2 Å². The molecule has 0 radical (unpaired) electrons. The molecule has 0 saturated heterocycles. The van der Waals surface area contributed by atoms with Crippen LogP contribution in [0.4, 0.5) is 0 Å². The number of allylic oxidation sites excluding steroid dienone is 1. The van der Waals surface area contributed by atoms with Crippen LogP contribution in [0.3, 0.4) is 0 Å². The summed E-state index contributed by atoms with van der Waals surface area (Å²) in [4.78, 5) is 0. The Morgan fingerprint density at radius 1 is 1.20 bits per heavy atom. The van der Waals surface area contributed by atoms with E-state index in [1.54, 1.807) is 0 Å². The molecule has 1 N–H and O–H groups in total. The normalized spacial score (nSPS) is 20.4. The quantitative estimate of drug-likeness (QED) is 0.747. The molecule has 0 saturated carbocycles. The number of aryl methyl sites for hydroxylation is 1. The fourth-order valence-electron chi connectivity index (χ4n) is 2.07. The molecule has 2 rings (SSSR count). The highest BCUT2D eigenvalue weighted by molar-refractivity contribution is 5.28. The predicted octanol–water partition coefficient (Wildman–Crippen LogP) is 2.87. The number of hydrogen-bond acceptors (Lipinski definition) is 1. The van der Waals surface area contributed by atoms with E-state index in [2.05, 4.69) is 31.2 Å². The van der Waals surface area contributed by atoms with Gasteiger partial charge in [0.05, 0.1) is 6.10 Å². The lowest BCUT2D eigenvalue weighted by atomic mass is 10.0. The monoisotopic (exact) mass is 202 g/mol. The lowest BCUT2D eigenvalue weighted by Gasteiger charge is -2.03. The smallest absolute Gasteiger partial charge is 0.0726 e. The van der Waals surface area contributed by atoms with Gasteiger partial charge in [0.15, 0.2) is 0 Å². The van der Waals surface area contributed by atoms with Crippen LogP contribution in [0.1, 0.15) is 30.9 Å². The summed E-state index contributed by atoms with van der Waals surface area (Å²) >= 11 is 0. The maximum atomic E-state index is 9.38. The van der Waals surface area contributed by atoms with E-state index in [1.165, 1.54) is 16.7 Å². The van der Waals surface area contributed by atoms with E-state index in [0.717, 1.165) is 25.7 Å². The van der Waals surface area contributed by atoms with Gasteiger partial charge in [-0.2, -0.15) is 0 Å². The van der Waals surface area contributed by atoms with Crippen molar-refractivity contribution >= 4 is 0 Å². The predicted molar refractivity (Wildman–Crippen MR) is 62.8 cm³/mol. The number of benzene rings is 1. The number of hydrogen-bond donors (Lipinski definition) is 1. The van der Waals surface area contributed by atoms with E-state index in [0.29, 0.717) is 0 Å². The molecule has 1 aromatic rings. The van der Waals surface area contributed by atoms with E-state index in [-0.39, 0.29) is 6.10 Å². The van der Waals surface area contributed by atoms with Gasteiger partial charge >= 0.3 is 0 Å². The molecule has 0 spiro atoms. The Hall–Kier alpha value is -1.08. The van der Waals surface area contributed by atoms with Crippen LogP contribution in [0.5, 0.6) is 0 Å². The Morgan fingerprint density at radius 3 is 2.40 bits per heavy atom. The van der Waals surface area contributed by atoms with Crippen molar-refractivity contribution in [3.63, 3.8) is 0 Å². The molecule has 0 aromatic heterocycles. The van der Waals surface area contributed by atoms with E-state index < -0.39 is 0 Å². The molecular weight excluding hydrogens is 184 g/mol. The molecule has 1 aliphatic carbocycles. The minimum absolute atomic E-state index is 0.199. The van der Waals surface area contributed by atoms with Gasteiger partial charge in [-0.1, -0.05) is 42.8 Å². The van der Waals surface area contributed by atoms with Gasteiger partial charge in [-0.25, -0.2) is 0 Å². The van der Waals surface area contributed by atoms with Crippen molar-refractivity contribution < 1.29 is 5.11 Å². The molecule has 1 aliphatic rings. The zero-order chi connectivity index (χ0) is 10.7. The second-order valence-electron chi connectivity index (χ2n) is 4.28. The number of rotatable bonds is 3. The first-order chi connectivity index (χ1) is 7.28. The fourth-order valence-corrected chi connectivity index (χ4v) is 2.07. The number of aliphatic hydroxyl groups excluding tert-OH is 1. The third-order valence-electron chi connectivity index (χ3n) is 3.05. The molecule has 0 heterocycles. The minimum Gasteiger partial charge on any atom is -0.389 e. The average molecular weight is 202 g/mol. The van der Waals surface area contributed by atoms with Gasteiger partial charge in [0.25, 0.3) is 0 Å². The lowest BCUT2D eigenvalue weighted by Crippen LogP contribution is -1.93. The first kappa shape index (κ1) is 10.4. The van der Waals surface area contributed by atoms with E-state index in [4.69, 9.17) is 0 Å². The summed E-state index contributed by atoms with van der Waals surface area (Å²) in [7, 11) is 0. The van der Waals surface area contributed by atoms with E-state index in [1.807, 2.05) is 6.08 Å². The third kappa shape index (κ3) is 2.69. The Kier molecular flexibility index (Phi) is 3.22. The van der Waals surface area contributed by atoms with Crippen LogP contribution in [0.25, 0.3) is 0 Å². The molecule has 1 unspecified atom stereocenters. The second-order valence-corrected chi connectivity index (χ2v) is 4.28. The van der Waals surface area contributed by atoms with E-state index in [9.17, 15) is 5.11 Å². The topological polar surface area (TPSA) is 20.2 Å². The molecule has 1 nitrogen and oxygen atoms in total. The van der Waals surface area contributed by atoms with Gasteiger partial charge in [-0.05, 0) is 36.8 Å². The maximum Gasteiger partial charge on any atom is 0.0726 e. The largest absolute Gasteiger partial charge is 0.389 e. The van der Waals surface area contributed by atoms with Crippen molar-refractivity contribution in [2.75, 3.05) is 0 Å². The van der Waals surface area contributed by atoms with Crippen molar-refractivity contribution in [1.29, 1.82) is 0 Å².